The molecule has 0 saturated heterocycles. The van der Waals surface area contributed by atoms with Crippen molar-refractivity contribution >= 4 is 23.2 Å². The van der Waals surface area contributed by atoms with Gasteiger partial charge in [0, 0.05) is 18.9 Å². The van der Waals surface area contributed by atoms with Gasteiger partial charge in [-0.25, -0.2) is 9.07 Å². The van der Waals surface area contributed by atoms with E-state index >= 15 is 0 Å². The van der Waals surface area contributed by atoms with Crippen LogP contribution in [-0.4, -0.2) is 35.2 Å². The van der Waals surface area contributed by atoms with Crippen molar-refractivity contribution in [2.24, 2.45) is 0 Å². The quantitative estimate of drug-likeness (QED) is 0.773. The normalized spacial score (nSPS) is 13.1. The fraction of sp³-hybridized carbons (Fsp3) is 0.105. The Kier molecular flexibility index (Phi) is 4.08. The number of fused-ring (bicyclic) bond motifs is 1. The lowest BCUT2D eigenvalue weighted by molar-refractivity contribution is -0.120. The number of aromatic nitrogens is 2. The molecular formula is C19H15FN4O3. The first-order chi connectivity index (χ1) is 13.0. The van der Waals surface area contributed by atoms with Crippen molar-refractivity contribution in [3.8, 4) is 11.4 Å². The summed E-state index contributed by atoms with van der Waals surface area (Å²) in [5, 5.41) is 6.85. The van der Waals surface area contributed by atoms with Crippen molar-refractivity contribution in [1.82, 2.24) is 9.78 Å². The lowest BCUT2D eigenvalue weighted by Gasteiger charge is -2.26. The van der Waals surface area contributed by atoms with E-state index in [2.05, 4.69) is 10.4 Å². The van der Waals surface area contributed by atoms with E-state index in [1.807, 2.05) is 0 Å². The second-order valence-corrected chi connectivity index (χ2v) is 5.98. The number of benzene rings is 2. The van der Waals surface area contributed by atoms with Crippen molar-refractivity contribution in [3.63, 3.8) is 0 Å². The van der Waals surface area contributed by atoms with Crippen LogP contribution >= 0.6 is 0 Å². The maximum absolute atomic E-state index is 13.9. The second-order valence-electron chi connectivity index (χ2n) is 5.98. The van der Waals surface area contributed by atoms with Crippen molar-refractivity contribution < 1.29 is 18.7 Å². The zero-order valence-electron chi connectivity index (χ0n) is 14.3. The highest BCUT2D eigenvalue weighted by Crippen LogP contribution is 2.33. The zero-order chi connectivity index (χ0) is 19.0. The molecule has 1 aliphatic rings. The number of para-hydroxylation sites is 1. The molecule has 136 valence electrons. The van der Waals surface area contributed by atoms with Crippen LogP contribution in [0.4, 0.5) is 15.8 Å². The minimum absolute atomic E-state index is 0.0112. The van der Waals surface area contributed by atoms with E-state index in [-0.39, 0.29) is 23.9 Å². The number of hydrogen-bond acceptors (Lipinski definition) is 4. The summed E-state index contributed by atoms with van der Waals surface area (Å²) in [5.74, 6) is -0.487. The van der Waals surface area contributed by atoms with Gasteiger partial charge in [-0.1, -0.05) is 12.1 Å². The van der Waals surface area contributed by atoms with Gasteiger partial charge >= 0.3 is 0 Å². The number of nitrogens with one attached hydrogen (secondary N) is 1. The minimum atomic E-state index is -0.448. The fourth-order valence-electron chi connectivity index (χ4n) is 2.76. The summed E-state index contributed by atoms with van der Waals surface area (Å²) < 4.78 is 20.5. The number of rotatable bonds is 3. The lowest BCUT2D eigenvalue weighted by atomic mass is 10.2. The molecule has 0 saturated carbocycles. The SMILES string of the molecule is CN1C(=O)COc2ccc(NC(=O)c3ccn(-c4ccccc4F)n3)cc21. The molecule has 0 radical (unpaired) electrons. The summed E-state index contributed by atoms with van der Waals surface area (Å²) >= 11 is 0. The number of hydrogen-bond donors (Lipinski definition) is 1. The Morgan fingerprint density at radius 3 is 2.81 bits per heavy atom. The number of likely N-dealkylation sites (N-methyl/N-ethyl adjacent to an activating group) is 1. The van der Waals surface area contributed by atoms with Gasteiger partial charge in [0.15, 0.2) is 12.3 Å². The molecule has 2 aromatic carbocycles. The molecule has 0 spiro atoms. The Bertz CT molecular complexity index is 1050. The van der Waals surface area contributed by atoms with Gasteiger partial charge in [0.25, 0.3) is 11.8 Å². The number of halogens is 1. The van der Waals surface area contributed by atoms with Crippen LogP contribution in [0.1, 0.15) is 10.5 Å². The molecule has 7 nitrogen and oxygen atoms in total. The third-order valence-corrected chi connectivity index (χ3v) is 4.22. The van der Waals surface area contributed by atoms with E-state index < -0.39 is 11.7 Å². The Balaban J connectivity index is 1.55. The largest absolute Gasteiger partial charge is 0.482 e. The Hall–Kier alpha value is -3.68. The van der Waals surface area contributed by atoms with Crippen LogP contribution in [0.25, 0.3) is 5.69 Å². The number of carbonyl (C=O) groups is 2. The molecule has 3 aromatic rings. The molecule has 0 aliphatic carbocycles. The van der Waals surface area contributed by atoms with Crippen LogP contribution in [0.15, 0.2) is 54.7 Å². The van der Waals surface area contributed by atoms with E-state index in [1.54, 1.807) is 43.4 Å². The summed E-state index contributed by atoms with van der Waals surface area (Å²) in [7, 11) is 1.64. The standard InChI is InChI=1S/C19H15FN4O3/c1-23-16-10-12(6-7-17(16)27-11-18(23)25)21-19(26)14-8-9-24(22-14)15-5-3-2-4-13(15)20/h2-10H,11H2,1H3,(H,21,26). The summed E-state index contributed by atoms with van der Waals surface area (Å²) in [6.45, 7) is -0.0112. The molecule has 0 atom stereocenters. The van der Waals surface area contributed by atoms with E-state index in [0.29, 0.717) is 17.1 Å². The lowest BCUT2D eigenvalue weighted by Crippen LogP contribution is -2.35. The number of anilines is 2. The summed E-state index contributed by atoms with van der Waals surface area (Å²) in [6.07, 6.45) is 1.51. The minimum Gasteiger partial charge on any atom is -0.482 e. The van der Waals surface area contributed by atoms with Crippen LogP contribution in [0, 0.1) is 5.82 Å². The maximum Gasteiger partial charge on any atom is 0.276 e. The van der Waals surface area contributed by atoms with Crippen molar-refractivity contribution in [2.75, 3.05) is 23.9 Å². The zero-order valence-corrected chi connectivity index (χ0v) is 14.3. The fourth-order valence-corrected chi connectivity index (χ4v) is 2.76. The molecule has 0 unspecified atom stereocenters. The molecular weight excluding hydrogens is 351 g/mol. The summed E-state index contributed by atoms with van der Waals surface area (Å²) in [4.78, 5) is 25.7. The van der Waals surface area contributed by atoms with Crippen LogP contribution in [0.3, 0.4) is 0 Å². The van der Waals surface area contributed by atoms with Crippen LogP contribution in [0.5, 0.6) is 5.75 Å². The van der Waals surface area contributed by atoms with Gasteiger partial charge in [0.2, 0.25) is 0 Å². The molecule has 0 bridgehead atoms. The second kappa shape index (κ2) is 6.56. The van der Waals surface area contributed by atoms with E-state index in [0.717, 1.165) is 0 Å². The van der Waals surface area contributed by atoms with Gasteiger partial charge in [-0.05, 0) is 36.4 Å². The highest BCUT2D eigenvalue weighted by Gasteiger charge is 2.23. The molecule has 4 rings (SSSR count). The maximum atomic E-state index is 13.9. The predicted octanol–water partition coefficient (Wildman–Crippen LogP) is 2.62. The van der Waals surface area contributed by atoms with E-state index in [4.69, 9.17) is 4.74 Å². The highest BCUT2D eigenvalue weighted by molar-refractivity contribution is 6.04. The molecule has 27 heavy (non-hydrogen) atoms. The van der Waals surface area contributed by atoms with Crippen molar-refractivity contribution in [3.05, 3.63) is 66.2 Å². The average Bonchev–Trinajstić information content (AvgIpc) is 3.15. The highest BCUT2D eigenvalue weighted by atomic mass is 19.1. The first kappa shape index (κ1) is 16.8. The Labute approximate surface area is 154 Å². The molecule has 0 fully saturated rings. The number of amides is 2. The molecule has 8 heteroatoms. The van der Waals surface area contributed by atoms with Crippen molar-refractivity contribution in [1.29, 1.82) is 0 Å². The van der Waals surface area contributed by atoms with Crippen LogP contribution < -0.4 is 15.0 Å². The van der Waals surface area contributed by atoms with Crippen LogP contribution in [-0.2, 0) is 4.79 Å². The molecule has 1 aromatic heterocycles. The van der Waals surface area contributed by atoms with Crippen LogP contribution in [0.2, 0.25) is 0 Å². The summed E-state index contributed by atoms with van der Waals surface area (Å²) in [5.41, 5.74) is 1.45. The van der Waals surface area contributed by atoms with Gasteiger partial charge in [-0.2, -0.15) is 5.10 Å². The number of ether oxygens (including phenoxy) is 1. The molecule has 1 N–H and O–H groups in total. The van der Waals surface area contributed by atoms with Gasteiger partial charge in [0.05, 0.1) is 5.69 Å². The molecule has 1 aliphatic heterocycles. The number of carbonyl (C=O) groups excluding carboxylic acids is 2. The third kappa shape index (κ3) is 3.12. The van der Waals surface area contributed by atoms with E-state index in [1.165, 1.54) is 27.9 Å². The average molecular weight is 366 g/mol. The predicted molar refractivity (Wildman–Crippen MR) is 96.8 cm³/mol. The molecule has 2 amide bonds. The molecule has 2 heterocycles. The van der Waals surface area contributed by atoms with Crippen molar-refractivity contribution in [2.45, 2.75) is 0 Å². The summed E-state index contributed by atoms with van der Waals surface area (Å²) in [6, 6.07) is 12.7. The Morgan fingerprint density at radius 1 is 1.19 bits per heavy atom. The first-order valence-corrected chi connectivity index (χ1v) is 8.18. The topological polar surface area (TPSA) is 76.5 Å². The van der Waals surface area contributed by atoms with E-state index in [9.17, 15) is 14.0 Å². The first-order valence-electron chi connectivity index (χ1n) is 8.18. The smallest absolute Gasteiger partial charge is 0.276 e. The van der Waals surface area contributed by atoms with Gasteiger partial charge in [0.1, 0.15) is 17.3 Å². The Morgan fingerprint density at radius 2 is 2.00 bits per heavy atom. The number of nitrogens with zero attached hydrogens (tertiary/aromatic N) is 3. The van der Waals surface area contributed by atoms with Gasteiger partial charge < -0.3 is 15.0 Å². The van der Waals surface area contributed by atoms with Gasteiger partial charge in [-0.15, -0.1) is 0 Å². The van der Waals surface area contributed by atoms with Gasteiger partial charge in [-0.3, -0.25) is 9.59 Å². The monoisotopic (exact) mass is 366 g/mol. The third-order valence-electron chi connectivity index (χ3n) is 4.22.